The molecule has 4 aromatic rings. The van der Waals surface area contributed by atoms with Crippen LogP contribution in [0.15, 0.2) is 61.1 Å². The lowest BCUT2D eigenvalue weighted by molar-refractivity contribution is 0.0638. The topological polar surface area (TPSA) is 55.4 Å². The van der Waals surface area contributed by atoms with Gasteiger partial charge in [-0.2, -0.15) is 5.10 Å². The molecule has 28 heavy (non-hydrogen) atoms. The van der Waals surface area contributed by atoms with Crippen molar-refractivity contribution in [3.05, 3.63) is 77.5 Å². The maximum Gasteiger partial charge on any atom is 0.275 e. The minimum Gasteiger partial charge on any atom is -0.341 e. The minimum absolute atomic E-state index is 0.0416. The van der Waals surface area contributed by atoms with E-state index in [4.69, 9.17) is 11.6 Å². The zero-order valence-corrected chi connectivity index (χ0v) is 16.0. The van der Waals surface area contributed by atoms with Crippen LogP contribution in [0.5, 0.6) is 0 Å². The normalized spacial score (nSPS) is 16.4. The Hall–Kier alpha value is -3.12. The summed E-state index contributed by atoms with van der Waals surface area (Å²) in [6, 6.07) is 13.6. The van der Waals surface area contributed by atoms with Crippen LogP contribution < -0.4 is 0 Å². The van der Waals surface area contributed by atoms with Crippen molar-refractivity contribution in [2.24, 2.45) is 0 Å². The van der Waals surface area contributed by atoms with Crippen molar-refractivity contribution in [3.8, 4) is 11.3 Å². The van der Waals surface area contributed by atoms with Crippen LogP contribution in [-0.2, 0) is 6.54 Å². The number of hydrogen-bond acceptors (Lipinski definition) is 3. The standard InChI is InChI=1S/C21H18ClN5O/c1-14-19-6-7-20(15-3-2-8-23-12-15)26(19)10-9-25(14)21(28)18-11-17-5-4-16(22)13-27(17)24-18/h2-8,11-14H,9-10H2,1H3. The van der Waals surface area contributed by atoms with Gasteiger partial charge < -0.3 is 9.47 Å². The highest BCUT2D eigenvalue weighted by atomic mass is 35.5. The van der Waals surface area contributed by atoms with E-state index in [1.807, 2.05) is 23.2 Å². The third kappa shape index (κ3) is 2.68. The highest BCUT2D eigenvalue weighted by Gasteiger charge is 2.31. The van der Waals surface area contributed by atoms with Gasteiger partial charge in [-0.1, -0.05) is 11.6 Å². The molecule has 6 nitrogen and oxygen atoms in total. The molecule has 0 saturated heterocycles. The van der Waals surface area contributed by atoms with Gasteiger partial charge in [-0.3, -0.25) is 9.78 Å². The molecule has 5 rings (SSSR count). The van der Waals surface area contributed by atoms with Gasteiger partial charge in [0, 0.05) is 48.6 Å². The fourth-order valence-electron chi connectivity index (χ4n) is 3.92. The summed E-state index contributed by atoms with van der Waals surface area (Å²) in [7, 11) is 0. The Morgan fingerprint density at radius 1 is 1.18 bits per heavy atom. The number of pyridine rings is 2. The molecule has 140 valence electrons. The second kappa shape index (κ2) is 6.49. The van der Waals surface area contributed by atoms with E-state index in [1.165, 1.54) is 0 Å². The molecular formula is C21H18ClN5O. The van der Waals surface area contributed by atoms with Gasteiger partial charge in [0.15, 0.2) is 5.69 Å². The summed E-state index contributed by atoms with van der Waals surface area (Å²) in [5, 5.41) is 5.00. The molecule has 0 aromatic carbocycles. The summed E-state index contributed by atoms with van der Waals surface area (Å²) >= 11 is 6.03. The SMILES string of the molecule is CC1c2ccc(-c3cccnc3)n2CCN1C(=O)c1cc2ccc(Cl)cn2n1. The molecule has 0 saturated carbocycles. The van der Waals surface area contributed by atoms with E-state index in [9.17, 15) is 4.79 Å². The van der Waals surface area contributed by atoms with Crippen LogP contribution in [0.2, 0.25) is 5.02 Å². The van der Waals surface area contributed by atoms with Crippen molar-refractivity contribution in [1.82, 2.24) is 24.1 Å². The van der Waals surface area contributed by atoms with Gasteiger partial charge >= 0.3 is 0 Å². The molecule has 4 aromatic heterocycles. The largest absolute Gasteiger partial charge is 0.341 e. The van der Waals surface area contributed by atoms with Crippen LogP contribution in [-0.4, -0.2) is 36.5 Å². The second-order valence-corrected chi connectivity index (χ2v) is 7.39. The quantitative estimate of drug-likeness (QED) is 0.517. The molecule has 0 fully saturated rings. The fourth-order valence-corrected chi connectivity index (χ4v) is 4.07. The lowest BCUT2D eigenvalue weighted by Gasteiger charge is -2.35. The molecule has 0 N–H and O–H groups in total. The second-order valence-electron chi connectivity index (χ2n) is 6.96. The Morgan fingerprint density at radius 2 is 2.07 bits per heavy atom. The van der Waals surface area contributed by atoms with Crippen LogP contribution in [0.3, 0.4) is 0 Å². The first-order valence-corrected chi connectivity index (χ1v) is 9.55. The number of amides is 1. The van der Waals surface area contributed by atoms with E-state index in [2.05, 4.69) is 39.8 Å². The Bertz CT molecular complexity index is 1180. The van der Waals surface area contributed by atoms with E-state index >= 15 is 0 Å². The molecule has 0 radical (unpaired) electrons. The van der Waals surface area contributed by atoms with Crippen LogP contribution >= 0.6 is 11.6 Å². The van der Waals surface area contributed by atoms with Gasteiger partial charge in [0.25, 0.3) is 5.91 Å². The molecule has 5 heterocycles. The fraction of sp³-hybridized carbons (Fsp3) is 0.190. The van der Waals surface area contributed by atoms with Gasteiger partial charge in [0.2, 0.25) is 0 Å². The van der Waals surface area contributed by atoms with Crippen LogP contribution in [0.4, 0.5) is 0 Å². The van der Waals surface area contributed by atoms with E-state index in [-0.39, 0.29) is 11.9 Å². The van der Waals surface area contributed by atoms with E-state index < -0.39 is 0 Å². The first-order valence-electron chi connectivity index (χ1n) is 9.17. The molecule has 1 unspecified atom stereocenters. The maximum atomic E-state index is 13.1. The average molecular weight is 392 g/mol. The van der Waals surface area contributed by atoms with Gasteiger partial charge in [-0.25, -0.2) is 4.52 Å². The first-order chi connectivity index (χ1) is 13.6. The third-order valence-corrected chi connectivity index (χ3v) is 5.56. The number of fused-ring (bicyclic) bond motifs is 2. The molecule has 7 heteroatoms. The zero-order valence-electron chi connectivity index (χ0n) is 15.3. The van der Waals surface area contributed by atoms with E-state index in [1.54, 1.807) is 29.0 Å². The van der Waals surface area contributed by atoms with Gasteiger partial charge in [-0.05, 0) is 49.4 Å². The molecule has 0 aliphatic carbocycles. The number of halogens is 1. The van der Waals surface area contributed by atoms with Crippen molar-refractivity contribution >= 4 is 23.0 Å². The number of carbonyl (C=O) groups excluding carboxylic acids is 1. The summed E-state index contributed by atoms with van der Waals surface area (Å²) < 4.78 is 3.92. The predicted molar refractivity (Wildman–Crippen MR) is 107 cm³/mol. The van der Waals surface area contributed by atoms with Crippen molar-refractivity contribution in [1.29, 1.82) is 0 Å². The molecule has 1 aliphatic heterocycles. The van der Waals surface area contributed by atoms with Crippen molar-refractivity contribution in [2.45, 2.75) is 19.5 Å². The molecule has 1 amide bonds. The number of rotatable bonds is 2. The number of aromatic nitrogens is 4. The third-order valence-electron chi connectivity index (χ3n) is 5.34. The smallest absolute Gasteiger partial charge is 0.275 e. The van der Waals surface area contributed by atoms with Crippen molar-refractivity contribution < 1.29 is 4.79 Å². The van der Waals surface area contributed by atoms with E-state index in [0.29, 0.717) is 17.3 Å². The van der Waals surface area contributed by atoms with Crippen LogP contribution in [0, 0.1) is 0 Å². The predicted octanol–water partition coefficient (Wildman–Crippen LogP) is 4.07. The first kappa shape index (κ1) is 17.0. The Labute approximate surface area is 167 Å². The van der Waals surface area contributed by atoms with E-state index in [0.717, 1.165) is 29.0 Å². The maximum absolute atomic E-state index is 13.1. The van der Waals surface area contributed by atoms with Gasteiger partial charge in [0.05, 0.1) is 16.6 Å². The summed E-state index contributed by atoms with van der Waals surface area (Å²) in [6.45, 7) is 3.42. The summed E-state index contributed by atoms with van der Waals surface area (Å²) in [6.07, 6.45) is 5.35. The minimum atomic E-state index is -0.0669. The van der Waals surface area contributed by atoms with Gasteiger partial charge in [-0.15, -0.1) is 0 Å². The zero-order chi connectivity index (χ0) is 19.3. The lowest BCUT2D eigenvalue weighted by atomic mass is 10.1. The Kier molecular flexibility index (Phi) is 3.94. The van der Waals surface area contributed by atoms with Crippen molar-refractivity contribution in [2.75, 3.05) is 6.54 Å². The average Bonchev–Trinajstić information content (AvgIpc) is 3.32. The van der Waals surface area contributed by atoms with Crippen molar-refractivity contribution in [3.63, 3.8) is 0 Å². The lowest BCUT2D eigenvalue weighted by Crippen LogP contribution is -2.41. The van der Waals surface area contributed by atoms with Crippen LogP contribution in [0.25, 0.3) is 16.8 Å². The van der Waals surface area contributed by atoms with Crippen LogP contribution in [0.1, 0.15) is 29.1 Å². The highest BCUT2D eigenvalue weighted by Crippen LogP contribution is 2.32. The highest BCUT2D eigenvalue weighted by molar-refractivity contribution is 6.30. The number of carbonyl (C=O) groups is 1. The number of nitrogens with zero attached hydrogens (tertiary/aromatic N) is 5. The molecule has 0 bridgehead atoms. The van der Waals surface area contributed by atoms with Gasteiger partial charge in [0.1, 0.15) is 0 Å². The summed E-state index contributed by atoms with van der Waals surface area (Å²) in [5.74, 6) is -0.0669. The molecular weight excluding hydrogens is 374 g/mol. The Balaban J connectivity index is 1.46. The molecule has 0 spiro atoms. The molecule has 1 aliphatic rings. The monoisotopic (exact) mass is 391 g/mol. The summed E-state index contributed by atoms with van der Waals surface area (Å²) in [4.78, 5) is 19.3. The number of hydrogen-bond donors (Lipinski definition) is 0. The molecule has 1 atom stereocenters. The summed E-state index contributed by atoms with van der Waals surface area (Å²) in [5.41, 5.74) is 4.61. The Morgan fingerprint density at radius 3 is 2.89 bits per heavy atom.